The zero-order chi connectivity index (χ0) is 19.5. The van der Waals surface area contributed by atoms with Gasteiger partial charge < -0.3 is 0 Å². The summed E-state index contributed by atoms with van der Waals surface area (Å²) in [6.45, 7) is 7.40. The number of carbonyl (C=O) groups excluding carboxylic acids is 2. The average Bonchev–Trinajstić information content (AvgIpc) is 2.60. The number of hydrazine groups is 1. The van der Waals surface area contributed by atoms with Gasteiger partial charge in [-0.1, -0.05) is 30.7 Å². The largest absolute Gasteiger partial charge is 0.272 e. The Bertz CT molecular complexity index is 814. The lowest BCUT2D eigenvalue weighted by atomic mass is 10.1. The van der Waals surface area contributed by atoms with Crippen LogP contribution in [0.15, 0.2) is 42.5 Å². The molecule has 0 heterocycles. The third-order valence-corrected chi connectivity index (χ3v) is 4.17. The van der Waals surface area contributed by atoms with Gasteiger partial charge in [-0.05, 0) is 63.1 Å². The van der Waals surface area contributed by atoms with Gasteiger partial charge in [-0.15, -0.1) is 0 Å². The van der Waals surface area contributed by atoms with Gasteiger partial charge in [0.2, 0.25) is 0 Å². The van der Waals surface area contributed by atoms with E-state index in [2.05, 4.69) is 5.43 Å². The first kappa shape index (κ1) is 19.9. The maximum absolute atomic E-state index is 13.4. The number of hydrogen-bond acceptors (Lipinski definition) is 2. The second kappa shape index (κ2) is 7.87. The summed E-state index contributed by atoms with van der Waals surface area (Å²) in [5, 5.41) is 1.08. The first-order chi connectivity index (χ1) is 12.1. The third kappa shape index (κ3) is 4.61. The normalized spacial score (nSPS) is 11.2. The molecule has 0 aromatic heterocycles. The van der Waals surface area contributed by atoms with Gasteiger partial charge in [0.1, 0.15) is 5.82 Å². The van der Waals surface area contributed by atoms with Gasteiger partial charge >= 0.3 is 0 Å². The average molecular weight is 377 g/mol. The van der Waals surface area contributed by atoms with Gasteiger partial charge in [0, 0.05) is 11.1 Å². The van der Waals surface area contributed by atoms with Crippen LogP contribution in [0.1, 0.15) is 54.0 Å². The molecule has 0 saturated carbocycles. The number of halogens is 2. The van der Waals surface area contributed by atoms with Crippen molar-refractivity contribution < 1.29 is 14.0 Å². The first-order valence-corrected chi connectivity index (χ1v) is 8.71. The maximum Gasteiger partial charge on any atom is 0.272 e. The second-order valence-corrected chi connectivity index (χ2v) is 7.34. The Kier molecular flexibility index (Phi) is 6.03. The Balaban J connectivity index is 2.27. The van der Waals surface area contributed by atoms with E-state index in [1.54, 1.807) is 32.9 Å². The molecule has 4 nitrogen and oxygen atoms in total. The van der Waals surface area contributed by atoms with Crippen LogP contribution in [0.4, 0.5) is 4.39 Å². The molecule has 0 radical (unpaired) electrons. The van der Waals surface area contributed by atoms with E-state index in [9.17, 15) is 14.0 Å². The van der Waals surface area contributed by atoms with Crippen LogP contribution in [-0.4, -0.2) is 22.4 Å². The van der Waals surface area contributed by atoms with E-state index in [-0.39, 0.29) is 10.6 Å². The van der Waals surface area contributed by atoms with Crippen molar-refractivity contribution in [2.75, 3.05) is 0 Å². The van der Waals surface area contributed by atoms with E-state index in [1.807, 2.05) is 19.1 Å². The van der Waals surface area contributed by atoms with Gasteiger partial charge in [0.05, 0.1) is 10.6 Å². The van der Waals surface area contributed by atoms with Crippen molar-refractivity contribution >= 4 is 23.4 Å². The fourth-order valence-corrected chi connectivity index (χ4v) is 2.52. The summed E-state index contributed by atoms with van der Waals surface area (Å²) in [7, 11) is 0. The molecule has 0 saturated heterocycles. The van der Waals surface area contributed by atoms with Crippen LogP contribution in [0, 0.1) is 5.82 Å². The summed E-state index contributed by atoms with van der Waals surface area (Å²) in [5.41, 5.74) is 3.70. The predicted molar refractivity (Wildman–Crippen MR) is 101 cm³/mol. The van der Waals surface area contributed by atoms with Gasteiger partial charge in [0.25, 0.3) is 11.8 Å². The number of nitrogens with zero attached hydrogens (tertiary/aromatic N) is 1. The highest BCUT2D eigenvalue weighted by Gasteiger charge is 2.30. The Labute approximate surface area is 157 Å². The van der Waals surface area contributed by atoms with Crippen LogP contribution in [0.5, 0.6) is 0 Å². The van der Waals surface area contributed by atoms with E-state index in [0.29, 0.717) is 5.56 Å². The fourth-order valence-electron chi connectivity index (χ4n) is 2.34. The smallest absolute Gasteiger partial charge is 0.267 e. The Morgan fingerprint density at radius 3 is 2.15 bits per heavy atom. The van der Waals surface area contributed by atoms with Gasteiger partial charge in [-0.2, -0.15) is 0 Å². The molecule has 0 atom stereocenters. The predicted octanol–water partition coefficient (Wildman–Crippen LogP) is 4.63. The Morgan fingerprint density at radius 1 is 1.08 bits per heavy atom. The molecular formula is C20H22ClFN2O2. The molecule has 2 aromatic carbocycles. The topological polar surface area (TPSA) is 49.4 Å². The van der Waals surface area contributed by atoms with Gasteiger partial charge in [-0.3, -0.25) is 15.0 Å². The fraction of sp³-hybridized carbons (Fsp3) is 0.300. The molecule has 26 heavy (non-hydrogen) atoms. The van der Waals surface area contributed by atoms with Crippen LogP contribution in [0.25, 0.3) is 0 Å². The van der Waals surface area contributed by atoms with E-state index in [4.69, 9.17) is 11.6 Å². The molecular weight excluding hydrogens is 355 g/mol. The van der Waals surface area contributed by atoms with Gasteiger partial charge in [-0.25, -0.2) is 9.40 Å². The lowest BCUT2D eigenvalue weighted by Crippen LogP contribution is -2.55. The molecule has 0 bridgehead atoms. The van der Waals surface area contributed by atoms with E-state index < -0.39 is 23.2 Å². The van der Waals surface area contributed by atoms with Crippen molar-refractivity contribution in [1.29, 1.82) is 0 Å². The summed E-state index contributed by atoms with van der Waals surface area (Å²) in [6, 6.07) is 10.9. The van der Waals surface area contributed by atoms with E-state index >= 15 is 0 Å². The molecule has 1 N–H and O–H groups in total. The van der Waals surface area contributed by atoms with Crippen molar-refractivity contribution in [1.82, 2.24) is 10.4 Å². The molecule has 0 spiro atoms. The second-order valence-electron chi connectivity index (χ2n) is 6.93. The number of benzene rings is 2. The van der Waals surface area contributed by atoms with Crippen LogP contribution in [0.3, 0.4) is 0 Å². The third-order valence-electron chi connectivity index (χ3n) is 3.88. The van der Waals surface area contributed by atoms with Crippen LogP contribution in [0.2, 0.25) is 5.02 Å². The molecule has 0 unspecified atom stereocenters. The summed E-state index contributed by atoms with van der Waals surface area (Å²) in [6.07, 6.45) is 0.875. The Hall–Kier alpha value is -2.40. The minimum Gasteiger partial charge on any atom is -0.267 e. The number of nitrogens with one attached hydrogen (secondary N) is 1. The molecule has 2 aromatic rings. The molecule has 138 valence electrons. The first-order valence-electron chi connectivity index (χ1n) is 8.33. The summed E-state index contributed by atoms with van der Waals surface area (Å²) in [5.74, 6) is -1.48. The summed E-state index contributed by atoms with van der Waals surface area (Å²) < 4.78 is 13.4. The van der Waals surface area contributed by atoms with Crippen molar-refractivity contribution in [3.63, 3.8) is 0 Å². The highest BCUT2D eigenvalue weighted by molar-refractivity contribution is 6.31. The molecule has 2 amide bonds. The number of carbonyl (C=O) groups is 2. The highest BCUT2D eigenvalue weighted by Crippen LogP contribution is 2.20. The maximum atomic E-state index is 13.4. The zero-order valence-corrected chi connectivity index (χ0v) is 16.0. The van der Waals surface area contributed by atoms with Crippen LogP contribution < -0.4 is 5.43 Å². The standard InChI is InChI=1S/C20H22ClFN2O2/c1-5-13-6-8-14(9-7-13)18(25)23-24(20(2,3)4)19(26)15-10-11-17(22)16(21)12-15/h6-12H,5H2,1-4H3,(H,23,25). The molecule has 0 aliphatic carbocycles. The molecule has 0 fully saturated rings. The monoisotopic (exact) mass is 376 g/mol. The summed E-state index contributed by atoms with van der Waals surface area (Å²) >= 11 is 5.77. The van der Waals surface area contributed by atoms with Crippen molar-refractivity contribution in [3.8, 4) is 0 Å². The molecule has 2 rings (SSSR count). The van der Waals surface area contributed by atoms with Crippen molar-refractivity contribution in [3.05, 3.63) is 70.0 Å². The van der Waals surface area contributed by atoms with E-state index in [0.717, 1.165) is 18.1 Å². The van der Waals surface area contributed by atoms with Crippen LogP contribution >= 0.6 is 11.6 Å². The van der Waals surface area contributed by atoms with Crippen LogP contribution in [-0.2, 0) is 6.42 Å². The molecule has 6 heteroatoms. The quantitative estimate of drug-likeness (QED) is 0.794. The van der Waals surface area contributed by atoms with Crippen molar-refractivity contribution in [2.24, 2.45) is 0 Å². The minimum atomic E-state index is -0.697. The van der Waals surface area contributed by atoms with Gasteiger partial charge in [0.15, 0.2) is 0 Å². The number of aryl methyl sites for hydroxylation is 1. The van der Waals surface area contributed by atoms with Crippen molar-refractivity contribution in [2.45, 2.75) is 39.7 Å². The highest BCUT2D eigenvalue weighted by atomic mass is 35.5. The lowest BCUT2D eigenvalue weighted by molar-refractivity contribution is 0.0358. The SMILES string of the molecule is CCc1ccc(C(=O)NN(C(=O)c2ccc(F)c(Cl)c2)C(C)(C)C)cc1. The molecule has 0 aliphatic heterocycles. The summed E-state index contributed by atoms with van der Waals surface area (Å²) in [4.78, 5) is 25.4. The molecule has 0 aliphatic rings. The number of hydrogen-bond donors (Lipinski definition) is 1. The lowest BCUT2D eigenvalue weighted by Gasteiger charge is -2.35. The van der Waals surface area contributed by atoms with E-state index in [1.165, 1.54) is 17.1 Å². The Morgan fingerprint density at radius 2 is 1.65 bits per heavy atom. The number of amides is 2. The zero-order valence-electron chi connectivity index (χ0n) is 15.3. The minimum absolute atomic E-state index is 0.147. The number of rotatable bonds is 3.